The van der Waals surface area contributed by atoms with Gasteiger partial charge in [-0.25, -0.2) is 15.1 Å². The molecule has 0 fully saturated rings. The lowest BCUT2D eigenvalue weighted by Gasteiger charge is -2.02. The number of thiazole rings is 1. The van der Waals surface area contributed by atoms with Crippen LogP contribution in [0.1, 0.15) is 5.56 Å². The van der Waals surface area contributed by atoms with Gasteiger partial charge in [-0.3, -0.25) is 4.79 Å². The number of hydrazone groups is 1. The maximum Gasteiger partial charge on any atom is 0.250 e. The molecule has 0 unspecified atom stereocenters. The molecule has 3 aromatic carbocycles. The lowest BCUT2D eigenvalue weighted by atomic mass is 10.1. The van der Waals surface area contributed by atoms with Crippen molar-refractivity contribution in [3.63, 3.8) is 0 Å². The van der Waals surface area contributed by atoms with E-state index in [1.807, 2.05) is 85.1 Å². The van der Waals surface area contributed by atoms with Crippen LogP contribution in [0.5, 0.6) is 5.75 Å². The van der Waals surface area contributed by atoms with Crippen molar-refractivity contribution in [1.29, 1.82) is 0 Å². The number of hydrogen-bond acceptors (Lipinski definition) is 7. The first kappa shape index (κ1) is 22.8. The van der Waals surface area contributed by atoms with Gasteiger partial charge in [0.25, 0.3) is 5.91 Å². The zero-order valence-electron chi connectivity index (χ0n) is 18.8. The topological polar surface area (TPSA) is 81.4 Å². The first-order valence-electron chi connectivity index (χ1n) is 10.8. The van der Waals surface area contributed by atoms with E-state index in [1.54, 1.807) is 29.3 Å². The first-order valence-corrected chi connectivity index (χ1v) is 12.6. The molecular formula is C26H21N5O2S2. The zero-order chi connectivity index (χ0) is 24.0. The maximum atomic E-state index is 12.4. The van der Waals surface area contributed by atoms with Crippen LogP contribution < -0.4 is 10.2 Å². The number of amides is 1. The fourth-order valence-corrected chi connectivity index (χ4v) is 5.27. The molecule has 9 heteroatoms. The number of thioether (sulfide) groups is 1. The minimum atomic E-state index is -0.202. The molecule has 7 nitrogen and oxygen atoms in total. The van der Waals surface area contributed by atoms with Gasteiger partial charge in [0.2, 0.25) is 0 Å². The molecule has 5 rings (SSSR count). The second-order valence-corrected chi connectivity index (χ2v) is 9.72. The Labute approximate surface area is 210 Å². The largest absolute Gasteiger partial charge is 0.497 e. The number of nitrogens with one attached hydrogen (secondary N) is 1. The van der Waals surface area contributed by atoms with Gasteiger partial charge in [0, 0.05) is 17.3 Å². The van der Waals surface area contributed by atoms with Crippen LogP contribution in [0.15, 0.2) is 94.5 Å². The summed E-state index contributed by atoms with van der Waals surface area (Å²) in [6, 6.07) is 25.4. The average Bonchev–Trinajstić information content (AvgIpc) is 3.52. The van der Waals surface area contributed by atoms with Gasteiger partial charge < -0.3 is 4.74 Å². The van der Waals surface area contributed by atoms with Crippen LogP contribution in [0.25, 0.3) is 27.2 Å². The van der Waals surface area contributed by atoms with Gasteiger partial charge in [-0.2, -0.15) is 10.2 Å². The van der Waals surface area contributed by atoms with Crippen molar-refractivity contribution >= 4 is 45.4 Å². The van der Waals surface area contributed by atoms with Crippen LogP contribution in [-0.2, 0) is 4.79 Å². The smallest absolute Gasteiger partial charge is 0.250 e. The minimum absolute atomic E-state index is 0.202. The SMILES string of the molecule is COc1ccc(-c2nn(-c3ccccc3)cc2C=NNC(=O)CSc2nc3ccccc3s2)cc1. The molecule has 0 saturated carbocycles. The summed E-state index contributed by atoms with van der Waals surface area (Å²) in [5.74, 6) is 0.794. The number of carbonyl (C=O) groups excluding carboxylic acids is 1. The molecule has 0 atom stereocenters. The molecule has 174 valence electrons. The van der Waals surface area contributed by atoms with Gasteiger partial charge in [0.05, 0.1) is 35.0 Å². The van der Waals surface area contributed by atoms with E-state index in [9.17, 15) is 4.79 Å². The molecule has 35 heavy (non-hydrogen) atoms. The molecule has 0 aliphatic carbocycles. The van der Waals surface area contributed by atoms with Crippen molar-refractivity contribution in [2.45, 2.75) is 4.34 Å². The Morgan fingerprint density at radius 1 is 1.09 bits per heavy atom. The molecule has 0 bridgehead atoms. The molecule has 1 N–H and O–H groups in total. The van der Waals surface area contributed by atoms with E-state index in [0.717, 1.165) is 42.8 Å². The van der Waals surface area contributed by atoms with Crippen LogP contribution >= 0.6 is 23.1 Å². The van der Waals surface area contributed by atoms with Gasteiger partial charge in [-0.15, -0.1) is 11.3 Å². The Kier molecular flexibility index (Phi) is 6.87. The van der Waals surface area contributed by atoms with Gasteiger partial charge in [-0.1, -0.05) is 42.1 Å². The highest BCUT2D eigenvalue weighted by Gasteiger charge is 2.12. The van der Waals surface area contributed by atoms with E-state index in [-0.39, 0.29) is 11.7 Å². The molecule has 2 heterocycles. The number of carbonyl (C=O) groups is 1. The van der Waals surface area contributed by atoms with Crippen molar-refractivity contribution < 1.29 is 9.53 Å². The minimum Gasteiger partial charge on any atom is -0.497 e. The van der Waals surface area contributed by atoms with Crippen LogP contribution in [0.3, 0.4) is 0 Å². The summed E-state index contributed by atoms with van der Waals surface area (Å²) in [7, 11) is 1.63. The lowest BCUT2D eigenvalue weighted by molar-refractivity contribution is -0.118. The number of hydrogen-bond donors (Lipinski definition) is 1. The Hall–Kier alpha value is -3.95. The molecule has 2 aromatic heterocycles. The molecule has 0 aliphatic heterocycles. The van der Waals surface area contributed by atoms with Gasteiger partial charge in [-0.05, 0) is 48.5 Å². The quantitative estimate of drug-likeness (QED) is 0.176. The first-order chi connectivity index (χ1) is 17.2. The number of rotatable bonds is 8. The molecule has 0 saturated heterocycles. The molecule has 0 aliphatic rings. The summed E-state index contributed by atoms with van der Waals surface area (Å²) in [6.07, 6.45) is 3.51. The summed E-state index contributed by atoms with van der Waals surface area (Å²) in [5, 5.41) is 8.95. The van der Waals surface area contributed by atoms with Gasteiger partial charge in [0.15, 0.2) is 4.34 Å². The van der Waals surface area contributed by atoms with E-state index in [2.05, 4.69) is 15.5 Å². The number of ether oxygens (including phenoxy) is 1. The number of nitrogens with zero attached hydrogens (tertiary/aromatic N) is 4. The van der Waals surface area contributed by atoms with Crippen molar-refractivity contribution in [1.82, 2.24) is 20.2 Å². The van der Waals surface area contributed by atoms with Crippen LogP contribution in [0, 0.1) is 0 Å². The normalized spacial score (nSPS) is 11.2. The summed E-state index contributed by atoms with van der Waals surface area (Å²) >= 11 is 2.97. The Balaban J connectivity index is 1.30. The van der Waals surface area contributed by atoms with Crippen LogP contribution in [0.4, 0.5) is 0 Å². The molecule has 0 radical (unpaired) electrons. The van der Waals surface area contributed by atoms with E-state index in [0.29, 0.717) is 0 Å². The summed E-state index contributed by atoms with van der Waals surface area (Å²) in [4.78, 5) is 16.9. The predicted molar refractivity (Wildman–Crippen MR) is 142 cm³/mol. The van der Waals surface area contributed by atoms with Crippen molar-refractivity contribution in [3.05, 3.63) is 90.6 Å². The summed E-state index contributed by atoms with van der Waals surface area (Å²) < 4.78 is 9.03. The number of benzene rings is 3. The average molecular weight is 500 g/mol. The van der Waals surface area contributed by atoms with Crippen LogP contribution in [-0.4, -0.2) is 39.7 Å². The molecule has 5 aromatic rings. The van der Waals surface area contributed by atoms with Crippen molar-refractivity contribution in [3.8, 4) is 22.7 Å². The summed E-state index contributed by atoms with van der Waals surface area (Å²) in [6.45, 7) is 0. The predicted octanol–water partition coefficient (Wildman–Crippen LogP) is 5.40. The van der Waals surface area contributed by atoms with Gasteiger partial charge >= 0.3 is 0 Å². The molecule has 0 spiro atoms. The molecule has 1 amide bonds. The van der Waals surface area contributed by atoms with Crippen molar-refractivity contribution in [2.24, 2.45) is 5.10 Å². The third kappa shape index (κ3) is 5.42. The number of aromatic nitrogens is 3. The lowest BCUT2D eigenvalue weighted by Crippen LogP contribution is -2.19. The molecular weight excluding hydrogens is 478 g/mol. The Morgan fingerprint density at radius 2 is 1.86 bits per heavy atom. The number of para-hydroxylation sites is 2. The highest BCUT2D eigenvalue weighted by Crippen LogP contribution is 2.29. The van der Waals surface area contributed by atoms with E-state index >= 15 is 0 Å². The highest BCUT2D eigenvalue weighted by molar-refractivity contribution is 8.01. The van der Waals surface area contributed by atoms with E-state index in [1.165, 1.54) is 11.8 Å². The maximum absolute atomic E-state index is 12.4. The Bertz CT molecular complexity index is 1440. The zero-order valence-corrected chi connectivity index (χ0v) is 20.4. The number of fused-ring (bicyclic) bond motifs is 1. The summed E-state index contributed by atoms with van der Waals surface area (Å²) in [5.41, 5.74) is 6.92. The monoisotopic (exact) mass is 499 g/mol. The van der Waals surface area contributed by atoms with Gasteiger partial charge in [0.1, 0.15) is 11.4 Å². The third-order valence-electron chi connectivity index (χ3n) is 5.12. The third-order valence-corrected chi connectivity index (χ3v) is 7.30. The highest BCUT2D eigenvalue weighted by atomic mass is 32.2. The Morgan fingerprint density at radius 3 is 2.63 bits per heavy atom. The standard InChI is InChI=1S/C26H21N5O2S2/c1-33-21-13-11-18(12-14-21)25-19(16-31(30-25)20-7-3-2-4-8-20)15-27-29-24(32)17-34-26-28-22-9-5-6-10-23(22)35-26/h2-16H,17H2,1H3,(H,29,32). The van der Waals surface area contributed by atoms with Crippen molar-refractivity contribution in [2.75, 3.05) is 12.9 Å². The van der Waals surface area contributed by atoms with E-state index in [4.69, 9.17) is 9.84 Å². The van der Waals surface area contributed by atoms with Crippen LogP contribution in [0.2, 0.25) is 0 Å². The fraction of sp³-hybridized carbons (Fsp3) is 0.0769. The van der Waals surface area contributed by atoms with E-state index < -0.39 is 0 Å². The fourth-order valence-electron chi connectivity index (χ4n) is 3.41. The second-order valence-electron chi connectivity index (χ2n) is 7.47. The second kappa shape index (κ2) is 10.5. The number of methoxy groups -OCH3 is 1.